The van der Waals surface area contributed by atoms with Gasteiger partial charge in [0.1, 0.15) is 13.7 Å². The zero-order chi connectivity index (χ0) is 11.5. The number of carbonyl (C=O) groups is 1. The summed E-state index contributed by atoms with van der Waals surface area (Å²) < 4.78 is 0. The molecule has 0 aromatic rings. The minimum absolute atomic E-state index is 0.573. The van der Waals surface area contributed by atoms with Crippen molar-refractivity contribution < 1.29 is 9.90 Å². The highest BCUT2D eigenvalue weighted by molar-refractivity contribution is 6.83. The van der Waals surface area contributed by atoms with Gasteiger partial charge in [0.05, 0.1) is 0 Å². The van der Waals surface area contributed by atoms with E-state index < -0.39 is 13.7 Å². The Kier molecular flexibility index (Phi) is 3.58. The van der Waals surface area contributed by atoms with Gasteiger partial charge in [0.25, 0.3) is 0 Å². The molecule has 0 unspecified atom stereocenters. The van der Waals surface area contributed by atoms with Gasteiger partial charge in [-0.1, -0.05) is 25.6 Å². The Morgan fingerprint density at radius 2 is 1.87 bits per heavy atom. The van der Waals surface area contributed by atoms with E-state index in [2.05, 4.69) is 31.1 Å². The molecule has 15 heavy (non-hydrogen) atoms. The van der Waals surface area contributed by atoms with Crippen LogP contribution in [0.2, 0.25) is 19.6 Å². The van der Waals surface area contributed by atoms with Crippen molar-refractivity contribution in [3.63, 3.8) is 0 Å². The largest absolute Gasteiger partial charge is 0.377 e. The van der Waals surface area contributed by atoms with E-state index in [9.17, 15) is 9.90 Å². The molecule has 1 aliphatic heterocycles. The molecule has 1 aliphatic rings. The van der Waals surface area contributed by atoms with Crippen molar-refractivity contribution in [1.82, 2.24) is 4.90 Å². The first-order valence-corrected chi connectivity index (χ1v) is 8.81. The van der Waals surface area contributed by atoms with E-state index in [0.717, 1.165) is 6.41 Å². The maximum absolute atomic E-state index is 10.5. The molecule has 0 aromatic carbocycles. The molecule has 1 rings (SSSR count). The van der Waals surface area contributed by atoms with Gasteiger partial charge in [-0.25, -0.2) is 0 Å². The first-order chi connectivity index (χ1) is 6.85. The van der Waals surface area contributed by atoms with E-state index in [1.807, 2.05) is 0 Å². The maximum atomic E-state index is 10.5. The third-order valence-electron chi connectivity index (χ3n) is 2.44. The van der Waals surface area contributed by atoms with E-state index in [-0.39, 0.29) is 0 Å². The standard InChI is InChI=1S/C11H19NO2Si/c1-15(2,3)9-6-11(14)4-7-12(10-13)8-5-11/h10,14H,4-5,7-8H2,1-3H3. The number of carbonyl (C=O) groups excluding carboxylic acids is 1. The Morgan fingerprint density at radius 3 is 2.27 bits per heavy atom. The maximum Gasteiger partial charge on any atom is 0.209 e. The number of aliphatic hydroxyl groups is 1. The van der Waals surface area contributed by atoms with Crippen molar-refractivity contribution in [3.05, 3.63) is 0 Å². The van der Waals surface area contributed by atoms with Crippen molar-refractivity contribution in [2.45, 2.75) is 38.1 Å². The molecule has 0 saturated carbocycles. The fraction of sp³-hybridized carbons (Fsp3) is 0.727. The Bertz CT molecular complexity index is 290. The van der Waals surface area contributed by atoms with E-state index in [1.165, 1.54) is 0 Å². The van der Waals surface area contributed by atoms with Gasteiger partial charge in [-0.05, 0) is 0 Å². The molecule has 1 heterocycles. The van der Waals surface area contributed by atoms with Crippen LogP contribution in [0.5, 0.6) is 0 Å². The van der Waals surface area contributed by atoms with Gasteiger partial charge in [0, 0.05) is 25.9 Å². The molecular formula is C11H19NO2Si. The predicted molar refractivity (Wildman–Crippen MR) is 62.9 cm³/mol. The Hall–Kier alpha value is -0.793. The number of hydrogen-bond donors (Lipinski definition) is 1. The SMILES string of the molecule is C[Si](C)(C)C#CC1(O)CCN(C=O)CC1. The first kappa shape index (κ1) is 12.3. The molecule has 1 amide bonds. The van der Waals surface area contributed by atoms with Crippen LogP contribution in [0.25, 0.3) is 0 Å². The zero-order valence-electron chi connectivity index (χ0n) is 9.71. The highest BCUT2D eigenvalue weighted by Crippen LogP contribution is 2.20. The fourth-order valence-electron chi connectivity index (χ4n) is 1.43. The molecular weight excluding hydrogens is 206 g/mol. The van der Waals surface area contributed by atoms with Gasteiger partial charge in [-0.2, -0.15) is 0 Å². The van der Waals surface area contributed by atoms with Crippen LogP contribution in [-0.4, -0.2) is 43.2 Å². The number of hydrogen-bond acceptors (Lipinski definition) is 2. The summed E-state index contributed by atoms with van der Waals surface area (Å²) in [6.07, 6.45) is 1.98. The highest BCUT2D eigenvalue weighted by Gasteiger charge is 2.30. The van der Waals surface area contributed by atoms with Gasteiger partial charge >= 0.3 is 0 Å². The summed E-state index contributed by atoms with van der Waals surface area (Å²) in [5, 5.41) is 10.2. The normalized spacial score (nSPS) is 20.4. The first-order valence-electron chi connectivity index (χ1n) is 5.31. The Balaban J connectivity index is 2.62. The van der Waals surface area contributed by atoms with E-state index >= 15 is 0 Å². The van der Waals surface area contributed by atoms with Crippen LogP contribution in [0.3, 0.4) is 0 Å². The van der Waals surface area contributed by atoms with Crippen LogP contribution >= 0.6 is 0 Å². The molecule has 0 spiro atoms. The van der Waals surface area contributed by atoms with Crippen molar-refractivity contribution in [2.24, 2.45) is 0 Å². The van der Waals surface area contributed by atoms with Crippen LogP contribution in [0.1, 0.15) is 12.8 Å². The molecule has 0 radical (unpaired) electrons. The van der Waals surface area contributed by atoms with Crippen LogP contribution in [0.15, 0.2) is 0 Å². The van der Waals surface area contributed by atoms with Crippen molar-refractivity contribution in [1.29, 1.82) is 0 Å². The molecule has 4 heteroatoms. The van der Waals surface area contributed by atoms with Crippen molar-refractivity contribution >= 4 is 14.5 Å². The predicted octanol–water partition coefficient (Wildman–Crippen LogP) is 0.850. The second-order valence-electron chi connectivity index (χ2n) is 5.17. The Morgan fingerprint density at radius 1 is 1.33 bits per heavy atom. The molecule has 0 aromatic heterocycles. The van der Waals surface area contributed by atoms with E-state index in [1.54, 1.807) is 4.90 Å². The number of amides is 1. The minimum atomic E-state index is -1.42. The lowest BCUT2D eigenvalue weighted by atomic mass is 9.93. The van der Waals surface area contributed by atoms with Gasteiger partial charge < -0.3 is 10.0 Å². The molecule has 0 aliphatic carbocycles. The summed E-state index contributed by atoms with van der Waals surface area (Å²) in [6, 6.07) is 0. The lowest BCUT2D eigenvalue weighted by molar-refractivity contribution is -0.120. The minimum Gasteiger partial charge on any atom is -0.377 e. The summed E-state index contributed by atoms with van der Waals surface area (Å²) in [5.41, 5.74) is 2.34. The molecule has 3 nitrogen and oxygen atoms in total. The van der Waals surface area contributed by atoms with Crippen LogP contribution in [0, 0.1) is 11.5 Å². The molecule has 1 saturated heterocycles. The summed E-state index contributed by atoms with van der Waals surface area (Å²) in [6.45, 7) is 7.69. The topological polar surface area (TPSA) is 40.5 Å². The molecule has 1 fully saturated rings. The van der Waals surface area contributed by atoms with Crippen molar-refractivity contribution in [3.8, 4) is 11.5 Å². The van der Waals surface area contributed by atoms with E-state index in [0.29, 0.717) is 25.9 Å². The third-order valence-corrected chi connectivity index (χ3v) is 3.32. The quantitative estimate of drug-likeness (QED) is 0.408. The fourth-order valence-corrected chi connectivity index (χ4v) is 2.04. The molecule has 0 bridgehead atoms. The molecule has 0 atom stereocenters. The average molecular weight is 225 g/mol. The van der Waals surface area contributed by atoms with Crippen LogP contribution in [-0.2, 0) is 4.79 Å². The lowest BCUT2D eigenvalue weighted by Crippen LogP contribution is -2.43. The van der Waals surface area contributed by atoms with Crippen LogP contribution in [0.4, 0.5) is 0 Å². The van der Waals surface area contributed by atoms with Gasteiger partial charge in [0.15, 0.2) is 0 Å². The van der Waals surface area contributed by atoms with E-state index in [4.69, 9.17) is 0 Å². The summed E-state index contributed by atoms with van der Waals surface area (Å²) >= 11 is 0. The second-order valence-corrected chi connectivity index (χ2v) is 9.92. The molecule has 1 N–H and O–H groups in total. The number of nitrogens with zero attached hydrogens (tertiary/aromatic N) is 1. The number of piperidine rings is 1. The Labute approximate surface area is 92.5 Å². The lowest BCUT2D eigenvalue weighted by Gasteiger charge is -2.33. The second kappa shape index (κ2) is 4.38. The van der Waals surface area contributed by atoms with Gasteiger partial charge in [-0.15, -0.1) is 5.54 Å². The zero-order valence-corrected chi connectivity index (χ0v) is 10.7. The van der Waals surface area contributed by atoms with Crippen molar-refractivity contribution in [2.75, 3.05) is 13.1 Å². The summed E-state index contributed by atoms with van der Waals surface area (Å²) in [5.74, 6) is 3.01. The van der Waals surface area contributed by atoms with Crippen LogP contribution < -0.4 is 0 Å². The summed E-state index contributed by atoms with van der Waals surface area (Å²) in [7, 11) is -1.42. The number of rotatable bonds is 1. The average Bonchev–Trinajstić information content (AvgIpc) is 2.16. The number of likely N-dealkylation sites (tertiary alicyclic amines) is 1. The third kappa shape index (κ3) is 4.06. The smallest absolute Gasteiger partial charge is 0.209 e. The summed E-state index contributed by atoms with van der Waals surface area (Å²) in [4.78, 5) is 12.2. The highest BCUT2D eigenvalue weighted by atomic mass is 28.3. The molecule has 84 valence electrons. The van der Waals surface area contributed by atoms with Gasteiger partial charge in [0.2, 0.25) is 6.41 Å². The monoisotopic (exact) mass is 225 g/mol. The van der Waals surface area contributed by atoms with Gasteiger partial charge in [-0.3, -0.25) is 4.79 Å².